The highest BCUT2D eigenvalue weighted by Crippen LogP contribution is 2.60. The second-order valence-electron chi connectivity index (χ2n) is 8.06. The average molecular weight is 322 g/mol. The lowest BCUT2D eigenvalue weighted by Crippen LogP contribution is -2.49. The minimum atomic E-state index is -0.283. The molecule has 22 heavy (non-hydrogen) atoms. The Morgan fingerprint density at radius 3 is 2.32 bits per heavy atom. The van der Waals surface area contributed by atoms with Gasteiger partial charge in [-0.15, -0.1) is 11.8 Å². The van der Waals surface area contributed by atoms with Crippen molar-refractivity contribution in [2.75, 3.05) is 19.3 Å². The Morgan fingerprint density at radius 2 is 1.82 bits per heavy atom. The van der Waals surface area contributed by atoms with Crippen LogP contribution in [0.1, 0.15) is 44.9 Å². The number of nitrogens with one attached hydrogen (secondary N) is 1. The van der Waals surface area contributed by atoms with Gasteiger partial charge in [-0.2, -0.15) is 0 Å². The van der Waals surface area contributed by atoms with E-state index in [2.05, 4.69) is 5.32 Å². The summed E-state index contributed by atoms with van der Waals surface area (Å²) in [5.74, 6) is 3.41. The summed E-state index contributed by atoms with van der Waals surface area (Å²) in [6.07, 6.45) is 9.04. The molecule has 1 N–H and O–H groups in total. The van der Waals surface area contributed by atoms with Crippen molar-refractivity contribution in [3.8, 4) is 0 Å². The smallest absolute Gasteiger partial charge is 0.244 e. The van der Waals surface area contributed by atoms with Crippen molar-refractivity contribution in [2.24, 2.45) is 17.8 Å². The van der Waals surface area contributed by atoms with E-state index in [1.165, 1.54) is 38.5 Å². The Hall–Kier alpha value is -0.710. The second kappa shape index (κ2) is 5.43. The van der Waals surface area contributed by atoms with Gasteiger partial charge in [-0.1, -0.05) is 0 Å². The van der Waals surface area contributed by atoms with Crippen LogP contribution in [-0.2, 0) is 9.59 Å². The predicted octanol–water partition coefficient (Wildman–Crippen LogP) is 2.04. The first kappa shape index (κ1) is 14.9. The summed E-state index contributed by atoms with van der Waals surface area (Å²) in [4.78, 5) is 25.8. The van der Waals surface area contributed by atoms with Crippen LogP contribution in [0, 0.1) is 17.8 Å². The molecular weight excluding hydrogens is 296 g/mol. The van der Waals surface area contributed by atoms with Crippen LogP contribution in [0.4, 0.5) is 0 Å². The molecule has 122 valence electrons. The maximum Gasteiger partial charge on any atom is 0.244 e. The van der Waals surface area contributed by atoms with Crippen molar-refractivity contribution in [3.63, 3.8) is 0 Å². The first-order valence-electron chi connectivity index (χ1n) is 8.71. The van der Waals surface area contributed by atoms with E-state index in [0.717, 1.165) is 30.7 Å². The number of likely N-dealkylation sites (N-methyl/N-ethyl adjacent to an activating group) is 1. The van der Waals surface area contributed by atoms with E-state index in [1.807, 2.05) is 11.8 Å². The molecule has 2 amide bonds. The summed E-state index contributed by atoms with van der Waals surface area (Å²) in [6.45, 7) is 0.756. The molecule has 1 aliphatic heterocycles. The van der Waals surface area contributed by atoms with E-state index < -0.39 is 0 Å². The van der Waals surface area contributed by atoms with Crippen LogP contribution in [0.25, 0.3) is 0 Å². The molecule has 4 bridgehead atoms. The first-order chi connectivity index (χ1) is 10.5. The molecule has 5 aliphatic rings. The largest absolute Gasteiger partial charge is 0.344 e. The quantitative estimate of drug-likeness (QED) is 0.862. The van der Waals surface area contributed by atoms with Gasteiger partial charge < -0.3 is 10.2 Å². The summed E-state index contributed by atoms with van der Waals surface area (Å²) < 4.78 is 0.378. The highest BCUT2D eigenvalue weighted by atomic mass is 32.2. The number of nitrogens with zero attached hydrogens (tertiary/aromatic N) is 1. The lowest BCUT2D eigenvalue weighted by molar-refractivity contribution is -0.131. The zero-order valence-corrected chi connectivity index (χ0v) is 14.2. The summed E-state index contributed by atoms with van der Waals surface area (Å²) in [5.41, 5.74) is 0. The molecule has 0 unspecified atom stereocenters. The third-order valence-corrected chi connectivity index (χ3v) is 7.77. The van der Waals surface area contributed by atoms with E-state index in [9.17, 15) is 9.59 Å². The fraction of sp³-hybridized carbons (Fsp3) is 0.882. The van der Waals surface area contributed by atoms with E-state index >= 15 is 0 Å². The van der Waals surface area contributed by atoms with Crippen LogP contribution in [0.15, 0.2) is 0 Å². The SMILES string of the molecule is CN1CC[C@@H](NC(=O)CSC23CC4CC(CC(C4)C2)C3)C1=O. The van der Waals surface area contributed by atoms with Crippen LogP contribution in [0.2, 0.25) is 0 Å². The molecule has 4 aliphatic carbocycles. The molecule has 0 radical (unpaired) electrons. The van der Waals surface area contributed by atoms with Crippen molar-refractivity contribution in [1.29, 1.82) is 0 Å². The van der Waals surface area contributed by atoms with Crippen LogP contribution < -0.4 is 5.32 Å². The van der Waals surface area contributed by atoms with Crippen molar-refractivity contribution in [3.05, 3.63) is 0 Å². The topological polar surface area (TPSA) is 49.4 Å². The minimum absolute atomic E-state index is 0.0504. The summed E-state index contributed by atoms with van der Waals surface area (Å²) in [6, 6.07) is -0.283. The number of thioether (sulfide) groups is 1. The second-order valence-corrected chi connectivity index (χ2v) is 9.50. The third-order valence-electron chi connectivity index (χ3n) is 6.25. The van der Waals surface area contributed by atoms with Gasteiger partial charge in [-0.25, -0.2) is 0 Å². The highest BCUT2D eigenvalue weighted by molar-refractivity contribution is 8.01. The molecule has 4 nitrogen and oxygen atoms in total. The molecule has 0 spiro atoms. The monoisotopic (exact) mass is 322 g/mol. The van der Waals surface area contributed by atoms with Crippen molar-refractivity contribution in [2.45, 2.75) is 55.7 Å². The van der Waals surface area contributed by atoms with E-state index in [1.54, 1.807) is 11.9 Å². The van der Waals surface area contributed by atoms with Gasteiger partial charge in [0.1, 0.15) is 6.04 Å². The lowest BCUT2D eigenvalue weighted by atomic mass is 9.56. The fourth-order valence-electron chi connectivity index (χ4n) is 5.62. The maximum atomic E-state index is 12.2. The van der Waals surface area contributed by atoms with Gasteiger partial charge in [-0.3, -0.25) is 9.59 Å². The molecule has 1 saturated heterocycles. The molecule has 5 rings (SSSR count). The number of amides is 2. The number of rotatable bonds is 4. The minimum Gasteiger partial charge on any atom is -0.344 e. The third kappa shape index (κ3) is 2.66. The van der Waals surface area contributed by atoms with E-state index in [0.29, 0.717) is 10.5 Å². The number of carbonyl (C=O) groups is 2. The molecule has 5 heteroatoms. The Kier molecular flexibility index (Phi) is 3.67. The molecule has 0 aromatic heterocycles. The van der Waals surface area contributed by atoms with Gasteiger partial charge in [-0.05, 0) is 62.7 Å². The number of hydrogen-bond donors (Lipinski definition) is 1. The van der Waals surface area contributed by atoms with Crippen LogP contribution >= 0.6 is 11.8 Å². The molecule has 5 fully saturated rings. The summed E-state index contributed by atoms with van der Waals surface area (Å²) >= 11 is 1.89. The normalized spacial score (nSPS) is 43.0. The first-order valence-corrected chi connectivity index (χ1v) is 9.70. The van der Waals surface area contributed by atoms with E-state index in [-0.39, 0.29) is 17.9 Å². The fourth-order valence-corrected chi connectivity index (χ4v) is 7.20. The van der Waals surface area contributed by atoms with Crippen LogP contribution in [0.3, 0.4) is 0 Å². The molecule has 1 atom stereocenters. The number of likely N-dealkylation sites (tertiary alicyclic amines) is 1. The number of carbonyl (C=O) groups excluding carboxylic acids is 2. The summed E-state index contributed by atoms with van der Waals surface area (Å²) in [7, 11) is 1.80. The van der Waals surface area contributed by atoms with Gasteiger partial charge in [0, 0.05) is 18.3 Å². The van der Waals surface area contributed by atoms with Gasteiger partial charge in [0.25, 0.3) is 0 Å². The number of hydrogen-bond acceptors (Lipinski definition) is 3. The van der Waals surface area contributed by atoms with Crippen LogP contribution in [-0.4, -0.2) is 46.8 Å². The molecule has 4 saturated carbocycles. The Balaban J connectivity index is 1.31. The van der Waals surface area contributed by atoms with Gasteiger partial charge in [0.2, 0.25) is 11.8 Å². The van der Waals surface area contributed by atoms with Crippen molar-refractivity contribution >= 4 is 23.6 Å². The molecule has 0 aromatic rings. The van der Waals surface area contributed by atoms with Gasteiger partial charge in [0.05, 0.1) is 5.75 Å². The predicted molar refractivity (Wildman–Crippen MR) is 87.5 cm³/mol. The van der Waals surface area contributed by atoms with E-state index in [4.69, 9.17) is 0 Å². The highest BCUT2D eigenvalue weighted by Gasteiger charge is 2.51. The Bertz CT molecular complexity index is 458. The maximum absolute atomic E-state index is 12.2. The summed E-state index contributed by atoms with van der Waals surface area (Å²) in [5, 5.41) is 2.94. The Morgan fingerprint density at radius 1 is 1.23 bits per heavy atom. The molecular formula is C17H26N2O2S. The lowest BCUT2D eigenvalue weighted by Gasteiger charge is -2.56. The van der Waals surface area contributed by atoms with Crippen molar-refractivity contribution < 1.29 is 9.59 Å². The average Bonchev–Trinajstić information content (AvgIpc) is 2.76. The Labute approximate surface area is 136 Å². The van der Waals surface area contributed by atoms with Gasteiger partial charge >= 0.3 is 0 Å². The molecule has 1 heterocycles. The zero-order valence-electron chi connectivity index (χ0n) is 13.3. The zero-order chi connectivity index (χ0) is 15.3. The molecule has 0 aromatic carbocycles. The van der Waals surface area contributed by atoms with Crippen LogP contribution in [0.5, 0.6) is 0 Å². The standard InChI is InChI=1S/C17H26N2O2S/c1-19-3-2-14(16(19)21)18-15(20)10-22-17-7-11-4-12(8-17)6-13(5-11)9-17/h11-14H,2-10H2,1H3,(H,18,20)/t11?,12?,13?,14-,17?/m1/s1. The van der Waals surface area contributed by atoms with Gasteiger partial charge in [0.15, 0.2) is 0 Å². The van der Waals surface area contributed by atoms with Crippen molar-refractivity contribution in [1.82, 2.24) is 10.2 Å².